The molecule has 0 bridgehead atoms. The number of aromatic carboxylic acids is 1. The molecule has 2 aromatic heterocycles. The molecule has 8 heteroatoms. The molecule has 0 spiro atoms. The molecular weight excluding hydrogens is 278 g/mol. The van der Waals surface area contributed by atoms with Crippen LogP contribution in [0.3, 0.4) is 0 Å². The minimum absolute atomic E-state index is 0.183. The molecule has 3 N–H and O–H groups in total. The molecular formula is C12H15N5O2S. The Morgan fingerprint density at radius 2 is 2.15 bits per heavy atom. The maximum Gasteiger partial charge on any atom is 0.347 e. The van der Waals surface area contributed by atoms with Crippen LogP contribution in [0.15, 0.2) is 12.3 Å². The number of aryl methyl sites for hydroxylation is 1. The van der Waals surface area contributed by atoms with Gasteiger partial charge in [0.2, 0.25) is 0 Å². The summed E-state index contributed by atoms with van der Waals surface area (Å²) in [6.45, 7) is 4.70. The van der Waals surface area contributed by atoms with Gasteiger partial charge in [0.1, 0.15) is 22.3 Å². The molecule has 0 saturated heterocycles. The second-order valence-electron chi connectivity index (χ2n) is 4.07. The third-order valence-corrected chi connectivity index (χ3v) is 3.25. The number of nitrogens with one attached hydrogen (secondary N) is 2. The van der Waals surface area contributed by atoms with E-state index < -0.39 is 5.97 Å². The molecule has 0 aromatic carbocycles. The monoisotopic (exact) mass is 293 g/mol. The molecule has 0 saturated carbocycles. The summed E-state index contributed by atoms with van der Waals surface area (Å²) in [5.74, 6) is 0.961. The molecule has 20 heavy (non-hydrogen) atoms. The van der Waals surface area contributed by atoms with Crippen LogP contribution in [-0.4, -0.2) is 32.6 Å². The molecule has 0 atom stereocenters. The highest BCUT2D eigenvalue weighted by Crippen LogP contribution is 2.22. The fourth-order valence-corrected chi connectivity index (χ4v) is 2.18. The number of carboxylic acids is 1. The average molecular weight is 293 g/mol. The summed E-state index contributed by atoms with van der Waals surface area (Å²) >= 11 is 1.06. The van der Waals surface area contributed by atoms with E-state index in [1.807, 2.05) is 0 Å². The van der Waals surface area contributed by atoms with E-state index in [2.05, 4.69) is 32.5 Å². The molecule has 0 aliphatic rings. The van der Waals surface area contributed by atoms with E-state index in [1.54, 1.807) is 13.0 Å². The van der Waals surface area contributed by atoms with Crippen molar-refractivity contribution in [2.45, 2.75) is 20.3 Å². The van der Waals surface area contributed by atoms with Gasteiger partial charge in [0, 0.05) is 12.6 Å². The van der Waals surface area contributed by atoms with Gasteiger partial charge in [-0.3, -0.25) is 0 Å². The Morgan fingerprint density at radius 3 is 2.80 bits per heavy atom. The van der Waals surface area contributed by atoms with Gasteiger partial charge in [-0.1, -0.05) is 18.3 Å². The highest BCUT2D eigenvalue weighted by Gasteiger charge is 2.09. The zero-order valence-corrected chi connectivity index (χ0v) is 12.0. The van der Waals surface area contributed by atoms with Gasteiger partial charge in [-0.25, -0.2) is 19.7 Å². The van der Waals surface area contributed by atoms with Crippen LogP contribution >= 0.6 is 11.3 Å². The van der Waals surface area contributed by atoms with Crippen molar-refractivity contribution >= 4 is 34.1 Å². The molecule has 0 fully saturated rings. The smallest absolute Gasteiger partial charge is 0.347 e. The van der Waals surface area contributed by atoms with Crippen molar-refractivity contribution in [1.29, 1.82) is 0 Å². The van der Waals surface area contributed by atoms with Crippen molar-refractivity contribution in [3.63, 3.8) is 0 Å². The minimum atomic E-state index is -0.986. The standard InChI is InChI=1S/C12H15N5O2S/c1-3-4-13-9-5-10(16-7(2)15-9)17-12-14-6-8(20-12)11(18)19/h5-6H,3-4H2,1-2H3,(H,18,19)(H2,13,14,15,16,17). The largest absolute Gasteiger partial charge is 0.477 e. The summed E-state index contributed by atoms with van der Waals surface area (Å²) in [7, 11) is 0. The Hall–Kier alpha value is -2.22. The molecule has 0 aliphatic carbocycles. The Bertz CT molecular complexity index is 614. The number of carbonyl (C=O) groups is 1. The first-order valence-corrected chi connectivity index (χ1v) is 6.96. The summed E-state index contributed by atoms with van der Waals surface area (Å²) in [6.07, 6.45) is 2.32. The molecule has 2 heterocycles. The Balaban J connectivity index is 2.15. The number of nitrogens with zero attached hydrogens (tertiary/aromatic N) is 3. The zero-order chi connectivity index (χ0) is 14.5. The summed E-state index contributed by atoms with van der Waals surface area (Å²) in [5.41, 5.74) is 0. The van der Waals surface area contributed by atoms with Crippen LogP contribution in [0.5, 0.6) is 0 Å². The van der Waals surface area contributed by atoms with Gasteiger partial charge in [-0.15, -0.1) is 0 Å². The molecule has 2 aromatic rings. The maximum absolute atomic E-state index is 10.8. The first kappa shape index (κ1) is 14.2. The van der Waals surface area contributed by atoms with Gasteiger partial charge in [-0.05, 0) is 13.3 Å². The summed E-state index contributed by atoms with van der Waals surface area (Å²) in [4.78, 5) is 23.5. The molecule has 2 rings (SSSR count). The van der Waals surface area contributed by atoms with Gasteiger partial charge >= 0.3 is 5.97 Å². The van der Waals surface area contributed by atoms with Crippen LogP contribution in [0.25, 0.3) is 0 Å². The number of anilines is 3. The van der Waals surface area contributed by atoms with Crippen LogP contribution < -0.4 is 10.6 Å². The number of aromatic nitrogens is 3. The van der Waals surface area contributed by atoms with Gasteiger partial charge in [-0.2, -0.15) is 0 Å². The predicted molar refractivity (Wildman–Crippen MR) is 77.9 cm³/mol. The van der Waals surface area contributed by atoms with E-state index in [0.29, 0.717) is 16.8 Å². The molecule has 0 unspecified atom stereocenters. The van der Waals surface area contributed by atoms with Crippen LogP contribution in [0.1, 0.15) is 28.8 Å². The van der Waals surface area contributed by atoms with Crippen molar-refractivity contribution in [3.8, 4) is 0 Å². The first-order valence-electron chi connectivity index (χ1n) is 6.14. The van der Waals surface area contributed by atoms with Gasteiger partial charge in [0.25, 0.3) is 0 Å². The zero-order valence-electron chi connectivity index (χ0n) is 11.2. The third kappa shape index (κ3) is 3.64. The molecule has 0 amide bonds. The molecule has 106 valence electrons. The maximum atomic E-state index is 10.8. The highest BCUT2D eigenvalue weighted by atomic mass is 32.1. The highest BCUT2D eigenvalue weighted by molar-refractivity contribution is 7.17. The topological polar surface area (TPSA) is 100 Å². The minimum Gasteiger partial charge on any atom is -0.477 e. The Labute approximate surface area is 120 Å². The van der Waals surface area contributed by atoms with E-state index in [1.165, 1.54) is 6.20 Å². The van der Waals surface area contributed by atoms with Crippen LogP contribution in [-0.2, 0) is 0 Å². The van der Waals surface area contributed by atoms with E-state index in [-0.39, 0.29) is 4.88 Å². The lowest BCUT2D eigenvalue weighted by atomic mass is 10.4. The fraction of sp³-hybridized carbons (Fsp3) is 0.333. The van der Waals surface area contributed by atoms with Gasteiger partial charge in [0.05, 0.1) is 6.20 Å². The summed E-state index contributed by atoms with van der Waals surface area (Å²) in [6, 6.07) is 1.77. The van der Waals surface area contributed by atoms with Crippen LogP contribution in [0.2, 0.25) is 0 Å². The Kier molecular flexibility index (Phi) is 4.46. The molecule has 0 aliphatic heterocycles. The lowest BCUT2D eigenvalue weighted by Gasteiger charge is -2.07. The first-order chi connectivity index (χ1) is 9.58. The number of rotatable bonds is 6. The van der Waals surface area contributed by atoms with Gasteiger partial charge < -0.3 is 15.7 Å². The lowest BCUT2D eigenvalue weighted by Crippen LogP contribution is -2.05. The number of carboxylic acid groups (broad SMARTS) is 1. The van der Waals surface area contributed by atoms with Crippen molar-refractivity contribution in [2.24, 2.45) is 0 Å². The fourth-order valence-electron chi connectivity index (χ4n) is 1.52. The average Bonchev–Trinajstić information content (AvgIpc) is 2.84. The van der Waals surface area contributed by atoms with Crippen molar-refractivity contribution in [2.75, 3.05) is 17.2 Å². The van der Waals surface area contributed by atoms with E-state index >= 15 is 0 Å². The Morgan fingerprint density at radius 1 is 1.40 bits per heavy atom. The summed E-state index contributed by atoms with van der Waals surface area (Å²) in [5, 5.41) is 15.5. The second-order valence-corrected chi connectivity index (χ2v) is 5.10. The summed E-state index contributed by atoms with van der Waals surface area (Å²) < 4.78 is 0. The van der Waals surface area contributed by atoms with E-state index in [9.17, 15) is 4.79 Å². The van der Waals surface area contributed by atoms with Crippen LogP contribution in [0, 0.1) is 6.92 Å². The number of hydrogen-bond donors (Lipinski definition) is 3. The van der Waals surface area contributed by atoms with Crippen molar-refractivity contribution < 1.29 is 9.90 Å². The quantitative estimate of drug-likeness (QED) is 0.752. The number of hydrogen-bond acceptors (Lipinski definition) is 7. The number of thiazole rings is 1. The SMILES string of the molecule is CCCNc1cc(Nc2ncc(C(=O)O)s2)nc(C)n1. The third-order valence-electron chi connectivity index (χ3n) is 2.35. The molecule has 7 nitrogen and oxygen atoms in total. The van der Waals surface area contributed by atoms with Crippen molar-refractivity contribution in [1.82, 2.24) is 15.0 Å². The van der Waals surface area contributed by atoms with E-state index in [0.717, 1.165) is 30.1 Å². The van der Waals surface area contributed by atoms with E-state index in [4.69, 9.17) is 5.11 Å². The van der Waals surface area contributed by atoms with Gasteiger partial charge in [0.15, 0.2) is 5.13 Å². The second kappa shape index (κ2) is 6.29. The van der Waals surface area contributed by atoms with Crippen molar-refractivity contribution in [3.05, 3.63) is 23.0 Å². The van der Waals surface area contributed by atoms with Crippen LogP contribution in [0.4, 0.5) is 16.8 Å². The predicted octanol–water partition coefficient (Wildman–Crippen LogP) is 2.51. The normalized spacial score (nSPS) is 10.3. The lowest BCUT2D eigenvalue weighted by molar-refractivity contribution is 0.0702. The molecule has 0 radical (unpaired) electrons.